The Bertz CT molecular complexity index is 835. The molecule has 0 aliphatic carbocycles. The van der Waals surface area contributed by atoms with E-state index in [4.69, 9.17) is 18.9 Å². The fourth-order valence-corrected chi connectivity index (χ4v) is 2.68. The number of amides is 1. The summed E-state index contributed by atoms with van der Waals surface area (Å²) in [6.45, 7) is 4.07. The smallest absolute Gasteiger partial charge is 0.344 e. The molecule has 1 aliphatic heterocycles. The Morgan fingerprint density at radius 2 is 1.89 bits per heavy atom. The fraction of sp³-hybridized carbons (Fsp3) is 0.300. The molecule has 1 heterocycles. The summed E-state index contributed by atoms with van der Waals surface area (Å²) in [5.41, 5.74) is 1.19. The van der Waals surface area contributed by atoms with Gasteiger partial charge in [0.25, 0.3) is 5.91 Å². The minimum Gasteiger partial charge on any atom is -0.490 e. The molecule has 7 nitrogen and oxygen atoms in total. The summed E-state index contributed by atoms with van der Waals surface area (Å²) < 4.78 is 21.9. The molecule has 7 heteroatoms. The Kier molecular flexibility index (Phi) is 5.80. The monoisotopic (exact) mass is 371 g/mol. The molecule has 0 radical (unpaired) electrons. The highest BCUT2D eigenvalue weighted by atomic mass is 16.6. The molecule has 2 aromatic rings. The third-order valence-electron chi connectivity index (χ3n) is 3.86. The van der Waals surface area contributed by atoms with Crippen molar-refractivity contribution in [1.29, 1.82) is 0 Å². The lowest BCUT2D eigenvalue weighted by molar-refractivity contribution is -0.145. The van der Waals surface area contributed by atoms with Crippen molar-refractivity contribution in [1.82, 2.24) is 5.32 Å². The van der Waals surface area contributed by atoms with Crippen molar-refractivity contribution in [3.63, 3.8) is 0 Å². The lowest BCUT2D eigenvalue weighted by atomic mass is 10.1. The Labute approximate surface area is 157 Å². The standard InChI is InChI=1S/C20H21NO6/c1-3-24-17-11-13(9-10-16(17)26-12-18(22)25-4-2)20-21-19(23)14-7-5-6-8-15(14)27-20/h5-11,20H,3-4,12H2,1-2H3,(H,21,23)/t20-/m0/s1. The maximum atomic E-state index is 12.3. The highest BCUT2D eigenvalue weighted by Gasteiger charge is 2.27. The number of esters is 1. The second-order valence-corrected chi connectivity index (χ2v) is 5.70. The third kappa shape index (κ3) is 4.31. The van der Waals surface area contributed by atoms with Gasteiger partial charge in [0.05, 0.1) is 18.8 Å². The van der Waals surface area contributed by atoms with Gasteiger partial charge in [-0.15, -0.1) is 0 Å². The summed E-state index contributed by atoms with van der Waals surface area (Å²) in [4.78, 5) is 23.8. The normalized spacial score (nSPS) is 15.2. The first-order chi connectivity index (χ1) is 13.1. The number of para-hydroxylation sites is 1. The molecular weight excluding hydrogens is 350 g/mol. The number of carbonyl (C=O) groups is 2. The van der Waals surface area contributed by atoms with Gasteiger partial charge >= 0.3 is 5.97 Å². The molecule has 0 saturated heterocycles. The molecule has 142 valence electrons. The van der Waals surface area contributed by atoms with Gasteiger partial charge in [-0.05, 0) is 44.2 Å². The fourth-order valence-electron chi connectivity index (χ4n) is 2.68. The van der Waals surface area contributed by atoms with E-state index in [1.165, 1.54) is 0 Å². The molecule has 2 aromatic carbocycles. The number of fused-ring (bicyclic) bond motifs is 1. The molecule has 1 amide bonds. The van der Waals surface area contributed by atoms with Gasteiger partial charge in [-0.25, -0.2) is 4.79 Å². The second-order valence-electron chi connectivity index (χ2n) is 5.70. The molecular formula is C20H21NO6. The predicted molar refractivity (Wildman–Crippen MR) is 97.0 cm³/mol. The Hall–Kier alpha value is -3.22. The predicted octanol–water partition coefficient (Wildman–Crippen LogP) is 2.85. The number of hydrogen-bond donors (Lipinski definition) is 1. The van der Waals surface area contributed by atoms with Gasteiger partial charge in [0.15, 0.2) is 24.3 Å². The van der Waals surface area contributed by atoms with E-state index in [9.17, 15) is 9.59 Å². The summed E-state index contributed by atoms with van der Waals surface area (Å²) in [6, 6.07) is 12.2. The molecule has 0 unspecified atom stereocenters. The number of ether oxygens (including phenoxy) is 4. The van der Waals surface area contributed by atoms with Crippen molar-refractivity contribution in [2.45, 2.75) is 20.1 Å². The van der Waals surface area contributed by atoms with Gasteiger partial charge < -0.3 is 24.3 Å². The van der Waals surface area contributed by atoms with Gasteiger partial charge in [0.1, 0.15) is 5.75 Å². The van der Waals surface area contributed by atoms with Crippen LogP contribution in [0.1, 0.15) is 36.0 Å². The topological polar surface area (TPSA) is 83.1 Å². The largest absolute Gasteiger partial charge is 0.490 e. The molecule has 0 saturated carbocycles. The first-order valence-electron chi connectivity index (χ1n) is 8.74. The highest BCUT2D eigenvalue weighted by molar-refractivity contribution is 5.98. The summed E-state index contributed by atoms with van der Waals surface area (Å²) in [5, 5.41) is 2.81. The Balaban J connectivity index is 1.80. The average Bonchev–Trinajstić information content (AvgIpc) is 2.67. The SMILES string of the molecule is CCOC(=O)COc1ccc([C@H]2NC(=O)c3ccccc3O2)cc1OCC. The van der Waals surface area contributed by atoms with Crippen LogP contribution in [0.5, 0.6) is 17.2 Å². The number of rotatable bonds is 7. The first-order valence-corrected chi connectivity index (χ1v) is 8.74. The maximum Gasteiger partial charge on any atom is 0.344 e. The maximum absolute atomic E-state index is 12.3. The summed E-state index contributed by atoms with van der Waals surface area (Å²) >= 11 is 0. The van der Waals surface area contributed by atoms with Crippen molar-refractivity contribution in [3.05, 3.63) is 53.6 Å². The van der Waals surface area contributed by atoms with Crippen LogP contribution >= 0.6 is 0 Å². The van der Waals surface area contributed by atoms with Crippen LogP contribution in [0.4, 0.5) is 0 Å². The molecule has 0 spiro atoms. The summed E-state index contributed by atoms with van der Waals surface area (Å²) in [7, 11) is 0. The van der Waals surface area contributed by atoms with Crippen LogP contribution in [0.3, 0.4) is 0 Å². The van der Waals surface area contributed by atoms with Gasteiger partial charge in [-0.1, -0.05) is 12.1 Å². The van der Waals surface area contributed by atoms with Gasteiger partial charge in [0.2, 0.25) is 0 Å². The second kappa shape index (κ2) is 8.44. The number of nitrogens with one attached hydrogen (secondary N) is 1. The van der Waals surface area contributed by atoms with Crippen LogP contribution in [0, 0.1) is 0 Å². The van der Waals surface area contributed by atoms with Crippen LogP contribution in [-0.2, 0) is 9.53 Å². The Morgan fingerprint density at radius 1 is 1.07 bits per heavy atom. The van der Waals surface area contributed by atoms with Gasteiger partial charge in [-0.3, -0.25) is 4.79 Å². The molecule has 3 rings (SSSR count). The van der Waals surface area contributed by atoms with E-state index in [2.05, 4.69) is 5.32 Å². The number of carbonyl (C=O) groups excluding carboxylic acids is 2. The van der Waals surface area contributed by atoms with Crippen LogP contribution in [0.2, 0.25) is 0 Å². The van der Waals surface area contributed by atoms with Crippen LogP contribution in [0.25, 0.3) is 0 Å². The molecule has 27 heavy (non-hydrogen) atoms. The van der Waals surface area contributed by atoms with E-state index in [1.54, 1.807) is 43.3 Å². The molecule has 1 atom stereocenters. The van der Waals surface area contributed by atoms with E-state index in [0.29, 0.717) is 41.6 Å². The van der Waals surface area contributed by atoms with Crippen molar-refractivity contribution >= 4 is 11.9 Å². The molecule has 0 fully saturated rings. The lowest BCUT2D eigenvalue weighted by Crippen LogP contribution is -2.36. The quantitative estimate of drug-likeness (QED) is 0.754. The van der Waals surface area contributed by atoms with Crippen molar-refractivity contribution in [3.8, 4) is 17.2 Å². The minimum absolute atomic E-state index is 0.206. The highest BCUT2D eigenvalue weighted by Crippen LogP contribution is 2.34. The number of benzene rings is 2. The van der Waals surface area contributed by atoms with Crippen molar-refractivity contribution < 1.29 is 28.5 Å². The van der Waals surface area contributed by atoms with E-state index in [-0.39, 0.29) is 12.5 Å². The van der Waals surface area contributed by atoms with Crippen LogP contribution < -0.4 is 19.5 Å². The summed E-state index contributed by atoms with van der Waals surface area (Å²) in [5.74, 6) is 0.727. The molecule has 0 aromatic heterocycles. The van der Waals surface area contributed by atoms with Gasteiger partial charge in [0, 0.05) is 5.56 Å². The zero-order valence-corrected chi connectivity index (χ0v) is 15.2. The van der Waals surface area contributed by atoms with Crippen molar-refractivity contribution in [2.75, 3.05) is 19.8 Å². The zero-order valence-electron chi connectivity index (χ0n) is 15.2. The van der Waals surface area contributed by atoms with E-state index in [0.717, 1.165) is 0 Å². The van der Waals surface area contributed by atoms with E-state index < -0.39 is 12.2 Å². The molecule has 1 N–H and O–H groups in total. The Morgan fingerprint density at radius 3 is 2.67 bits per heavy atom. The van der Waals surface area contributed by atoms with Crippen LogP contribution in [-0.4, -0.2) is 31.7 Å². The molecule has 0 bridgehead atoms. The number of hydrogen-bond acceptors (Lipinski definition) is 6. The third-order valence-corrected chi connectivity index (χ3v) is 3.86. The van der Waals surface area contributed by atoms with Crippen molar-refractivity contribution in [2.24, 2.45) is 0 Å². The van der Waals surface area contributed by atoms with E-state index >= 15 is 0 Å². The minimum atomic E-state index is -0.647. The zero-order chi connectivity index (χ0) is 19.2. The van der Waals surface area contributed by atoms with E-state index in [1.807, 2.05) is 13.0 Å². The average molecular weight is 371 g/mol. The van der Waals surface area contributed by atoms with Gasteiger partial charge in [-0.2, -0.15) is 0 Å². The lowest BCUT2D eigenvalue weighted by Gasteiger charge is -2.27. The van der Waals surface area contributed by atoms with Crippen LogP contribution in [0.15, 0.2) is 42.5 Å². The first kappa shape index (κ1) is 18.6. The summed E-state index contributed by atoms with van der Waals surface area (Å²) in [6.07, 6.45) is -0.647. The molecule has 1 aliphatic rings.